The van der Waals surface area contributed by atoms with Crippen LogP contribution < -0.4 is 16.0 Å². The van der Waals surface area contributed by atoms with Gasteiger partial charge in [0.1, 0.15) is 0 Å². The molecule has 1 aromatic rings. The Morgan fingerprint density at radius 1 is 1.04 bits per heavy atom. The first kappa shape index (κ1) is 19.0. The lowest BCUT2D eigenvalue weighted by molar-refractivity contribution is 0.0939. The topological polar surface area (TPSA) is 70.2 Å². The van der Waals surface area contributed by atoms with E-state index in [9.17, 15) is 9.59 Å². The number of unbranched alkanes of at least 4 members (excludes halogenated alkanes) is 3. The van der Waals surface area contributed by atoms with Crippen LogP contribution in [-0.2, 0) is 0 Å². The zero-order valence-electron chi connectivity index (χ0n) is 14.4. The highest BCUT2D eigenvalue weighted by atomic mass is 16.2. The van der Waals surface area contributed by atoms with Gasteiger partial charge < -0.3 is 16.0 Å². The van der Waals surface area contributed by atoms with Gasteiger partial charge in [0, 0.05) is 23.8 Å². The number of rotatable bonds is 9. The third kappa shape index (κ3) is 7.68. The summed E-state index contributed by atoms with van der Waals surface area (Å²) in [6.07, 6.45) is 5.41. The summed E-state index contributed by atoms with van der Waals surface area (Å²) in [7, 11) is 0. The number of nitrogens with one attached hydrogen (secondary N) is 3. The molecule has 5 nitrogen and oxygen atoms in total. The molecule has 3 N–H and O–H groups in total. The fraction of sp³-hybridized carbons (Fsp3) is 0.556. The molecule has 0 heterocycles. The van der Waals surface area contributed by atoms with Crippen LogP contribution in [0, 0.1) is 0 Å². The Balaban J connectivity index is 2.38. The van der Waals surface area contributed by atoms with E-state index in [4.69, 9.17) is 0 Å². The van der Waals surface area contributed by atoms with Crippen LogP contribution in [-0.4, -0.2) is 24.5 Å². The number of carbonyl (C=O) groups excluding carboxylic acids is 2. The summed E-state index contributed by atoms with van der Waals surface area (Å²) >= 11 is 0. The van der Waals surface area contributed by atoms with E-state index in [2.05, 4.69) is 22.9 Å². The van der Waals surface area contributed by atoms with Crippen molar-refractivity contribution in [2.24, 2.45) is 0 Å². The van der Waals surface area contributed by atoms with Crippen molar-refractivity contribution in [3.05, 3.63) is 29.8 Å². The van der Waals surface area contributed by atoms with E-state index in [1.54, 1.807) is 24.3 Å². The first-order valence-corrected chi connectivity index (χ1v) is 8.52. The summed E-state index contributed by atoms with van der Waals surface area (Å²) in [4.78, 5) is 23.7. The van der Waals surface area contributed by atoms with Crippen molar-refractivity contribution in [3.63, 3.8) is 0 Å². The highest BCUT2D eigenvalue weighted by Crippen LogP contribution is 2.10. The van der Waals surface area contributed by atoms with E-state index in [1.807, 2.05) is 13.8 Å². The van der Waals surface area contributed by atoms with Crippen molar-refractivity contribution >= 4 is 17.6 Å². The van der Waals surface area contributed by atoms with Crippen molar-refractivity contribution in [2.45, 2.75) is 58.9 Å². The average Bonchev–Trinajstić information content (AvgIpc) is 2.55. The minimum absolute atomic E-state index is 0.0914. The lowest BCUT2D eigenvalue weighted by atomic mass is 10.1. The van der Waals surface area contributed by atoms with Gasteiger partial charge in [-0.15, -0.1) is 0 Å². The first-order valence-electron chi connectivity index (χ1n) is 8.52. The molecule has 0 aliphatic rings. The van der Waals surface area contributed by atoms with Crippen molar-refractivity contribution in [1.82, 2.24) is 10.6 Å². The fourth-order valence-corrected chi connectivity index (χ4v) is 2.04. The third-order valence-electron chi connectivity index (χ3n) is 3.71. The molecule has 0 fully saturated rings. The largest absolute Gasteiger partial charge is 0.350 e. The molecule has 0 spiro atoms. The molecular weight excluding hydrogens is 290 g/mol. The standard InChI is InChI=1S/C18H29N3O2/c1-4-6-7-8-13-19-18(23)21-16-11-9-15(10-12-16)17(22)20-14(3)5-2/h9-12,14H,4-8,13H2,1-3H3,(H,20,22)(H2,19,21,23). The average molecular weight is 319 g/mol. The second kappa shape index (κ2) is 10.6. The van der Waals surface area contributed by atoms with Crippen molar-refractivity contribution in [2.75, 3.05) is 11.9 Å². The number of amides is 3. The highest BCUT2D eigenvalue weighted by Gasteiger charge is 2.08. The van der Waals surface area contributed by atoms with E-state index >= 15 is 0 Å². The van der Waals surface area contributed by atoms with Crippen LogP contribution in [0.3, 0.4) is 0 Å². The molecule has 0 aliphatic heterocycles. The lowest BCUT2D eigenvalue weighted by Crippen LogP contribution is -2.32. The summed E-state index contributed by atoms with van der Waals surface area (Å²) in [6, 6.07) is 6.85. The van der Waals surface area contributed by atoms with Crippen molar-refractivity contribution in [3.8, 4) is 0 Å². The van der Waals surface area contributed by atoms with E-state index in [1.165, 1.54) is 12.8 Å². The van der Waals surface area contributed by atoms with Crippen LogP contribution in [0.2, 0.25) is 0 Å². The summed E-state index contributed by atoms with van der Waals surface area (Å²) in [5.74, 6) is -0.0914. The zero-order chi connectivity index (χ0) is 17.1. The van der Waals surface area contributed by atoms with Crippen LogP contribution in [0.5, 0.6) is 0 Å². The van der Waals surface area contributed by atoms with Crippen LogP contribution in [0.15, 0.2) is 24.3 Å². The van der Waals surface area contributed by atoms with Gasteiger partial charge in [-0.2, -0.15) is 0 Å². The van der Waals surface area contributed by atoms with E-state index in [0.29, 0.717) is 17.8 Å². The Hall–Kier alpha value is -2.04. The van der Waals surface area contributed by atoms with Crippen LogP contribution in [0.1, 0.15) is 63.2 Å². The molecule has 0 bridgehead atoms. The van der Waals surface area contributed by atoms with Gasteiger partial charge in [-0.05, 0) is 44.0 Å². The smallest absolute Gasteiger partial charge is 0.319 e. The fourth-order valence-electron chi connectivity index (χ4n) is 2.04. The summed E-state index contributed by atoms with van der Waals surface area (Å²) < 4.78 is 0. The molecule has 0 aromatic heterocycles. The molecule has 1 aromatic carbocycles. The van der Waals surface area contributed by atoms with Gasteiger partial charge in [0.25, 0.3) is 5.91 Å². The molecule has 0 aliphatic carbocycles. The highest BCUT2D eigenvalue weighted by molar-refractivity contribution is 5.95. The number of benzene rings is 1. The van der Waals surface area contributed by atoms with Gasteiger partial charge in [-0.1, -0.05) is 33.1 Å². The van der Waals surface area contributed by atoms with Gasteiger partial charge >= 0.3 is 6.03 Å². The zero-order valence-corrected chi connectivity index (χ0v) is 14.4. The molecule has 3 amide bonds. The monoisotopic (exact) mass is 319 g/mol. The van der Waals surface area contributed by atoms with Gasteiger partial charge in [0.05, 0.1) is 0 Å². The van der Waals surface area contributed by atoms with Crippen molar-refractivity contribution < 1.29 is 9.59 Å². The summed E-state index contributed by atoms with van der Waals surface area (Å²) in [6.45, 7) is 6.84. The Morgan fingerprint density at radius 3 is 2.35 bits per heavy atom. The van der Waals surface area contributed by atoms with E-state index in [-0.39, 0.29) is 18.0 Å². The lowest BCUT2D eigenvalue weighted by Gasteiger charge is -2.12. The molecule has 1 unspecified atom stereocenters. The number of hydrogen-bond donors (Lipinski definition) is 3. The maximum atomic E-state index is 12.0. The first-order chi connectivity index (χ1) is 11.1. The molecule has 0 radical (unpaired) electrons. The van der Waals surface area contributed by atoms with Gasteiger partial charge in [-0.3, -0.25) is 4.79 Å². The molecule has 1 rings (SSSR count). The number of anilines is 1. The van der Waals surface area contributed by atoms with Gasteiger partial charge in [0.2, 0.25) is 0 Å². The number of hydrogen-bond acceptors (Lipinski definition) is 2. The molecule has 1 atom stereocenters. The number of urea groups is 1. The van der Waals surface area contributed by atoms with Crippen molar-refractivity contribution in [1.29, 1.82) is 0 Å². The van der Waals surface area contributed by atoms with E-state index in [0.717, 1.165) is 19.3 Å². The second-order valence-electron chi connectivity index (χ2n) is 5.80. The van der Waals surface area contributed by atoms with Crippen LogP contribution in [0.25, 0.3) is 0 Å². The molecule has 23 heavy (non-hydrogen) atoms. The van der Waals surface area contributed by atoms with Gasteiger partial charge in [0.15, 0.2) is 0 Å². The molecule has 0 saturated carbocycles. The molecule has 128 valence electrons. The summed E-state index contributed by atoms with van der Waals surface area (Å²) in [5, 5.41) is 8.51. The Kier molecular flexibility index (Phi) is 8.80. The normalized spacial score (nSPS) is 11.6. The Labute approximate surface area is 139 Å². The maximum Gasteiger partial charge on any atom is 0.319 e. The van der Waals surface area contributed by atoms with Gasteiger partial charge in [-0.25, -0.2) is 4.79 Å². The minimum atomic E-state index is -0.210. The molecule has 5 heteroatoms. The van der Waals surface area contributed by atoms with Crippen LogP contribution in [0.4, 0.5) is 10.5 Å². The SMILES string of the molecule is CCCCCCNC(=O)Nc1ccc(C(=O)NC(C)CC)cc1. The third-order valence-corrected chi connectivity index (χ3v) is 3.71. The Bertz CT molecular complexity index is 486. The predicted molar refractivity (Wildman–Crippen MR) is 94.8 cm³/mol. The number of carbonyl (C=O) groups is 2. The summed E-state index contributed by atoms with van der Waals surface area (Å²) in [5.41, 5.74) is 1.27. The second-order valence-corrected chi connectivity index (χ2v) is 5.80. The van der Waals surface area contributed by atoms with Crippen LogP contribution >= 0.6 is 0 Å². The quantitative estimate of drug-likeness (QED) is 0.604. The predicted octanol–water partition coefficient (Wildman–Crippen LogP) is 3.92. The molecular formula is C18H29N3O2. The molecule has 0 saturated heterocycles. The van der Waals surface area contributed by atoms with E-state index < -0.39 is 0 Å². The minimum Gasteiger partial charge on any atom is -0.350 e. The maximum absolute atomic E-state index is 12.0. The Morgan fingerprint density at radius 2 is 1.74 bits per heavy atom.